The molecular weight excluding hydrogens is 373 g/mol. The second kappa shape index (κ2) is 7.20. The van der Waals surface area contributed by atoms with E-state index in [4.69, 9.17) is 0 Å². The van der Waals surface area contributed by atoms with Crippen molar-refractivity contribution in [1.82, 2.24) is 9.88 Å². The Hall–Kier alpha value is -4.00. The monoisotopic (exact) mass is 389 g/mol. The van der Waals surface area contributed by atoms with Crippen LogP contribution in [0.5, 0.6) is 0 Å². The Balaban J connectivity index is 1.73. The molecule has 2 heterocycles. The Labute approximate surface area is 165 Å². The van der Waals surface area contributed by atoms with Gasteiger partial charge in [0.1, 0.15) is 11.4 Å². The summed E-state index contributed by atoms with van der Waals surface area (Å²) in [6, 6.07) is 15.3. The zero-order valence-electron chi connectivity index (χ0n) is 15.4. The molecule has 1 aromatic heterocycles. The molecule has 7 heteroatoms. The lowest BCUT2D eigenvalue weighted by molar-refractivity contribution is -0.122. The van der Waals surface area contributed by atoms with Crippen LogP contribution in [0.1, 0.15) is 11.3 Å². The second-order valence-electron chi connectivity index (χ2n) is 6.57. The Morgan fingerprint density at radius 2 is 1.55 bits per heavy atom. The zero-order chi connectivity index (χ0) is 20.5. The fourth-order valence-electron chi connectivity index (χ4n) is 3.08. The van der Waals surface area contributed by atoms with Gasteiger partial charge in [0.25, 0.3) is 11.8 Å². The number of aryl methyl sites for hydroxylation is 1. The first-order chi connectivity index (χ1) is 13.9. The van der Waals surface area contributed by atoms with Crippen LogP contribution >= 0.6 is 0 Å². The molecule has 1 saturated heterocycles. The van der Waals surface area contributed by atoms with Gasteiger partial charge in [0, 0.05) is 17.6 Å². The fraction of sp³-hybridized carbons (Fsp3) is 0.0455. The SMILES string of the molecule is Cc1ccc(-n2cccc2/C=C2\C(=O)NC(=O)N(c3ccc(F)cc3)C2=O)cc1. The Morgan fingerprint density at radius 3 is 2.24 bits per heavy atom. The molecule has 29 heavy (non-hydrogen) atoms. The molecule has 0 unspecified atom stereocenters. The van der Waals surface area contributed by atoms with Crippen molar-refractivity contribution in [3.63, 3.8) is 0 Å². The Kier molecular flexibility index (Phi) is 4.56. The molecule has 4 rings (SSSR count). The molecule has 1 fully saturated rings. The summed E-state index contributed by atoms with van der Waals surface area (Å²) >= 11 is 0. The van der Waals surface area contributed by atoms with E-state index in [1.165, 1.54) is 18.2 Å². The van der Waals surface area contributed by atoms with E-state index >= 15 is 0 Å². The number of nitrogens with one attached hydrogen (secondary N) is 1. The number of urea groups is 1. The van der Waals surface area contributed by atoms with E-state index in [1.54, 1.807) is 12.1 Å². The summed E-state index contributed by atoms with van der Waals surface area (Å²) in [7, 11) is 0. The number of carbonyl (C=O) groups excluding carboxylic acids is 3. The number of imide groups is 2. The third-order valence-corrected chi connectivity index (χ3v) is 4.57. The average molecular weight is 389 g/mol. The molecule has 4 amide bonds. The number of hydrogen-bond donors (Lipinski definition) is 1. The highest BCUT2D eigenvalue weighted by Gasteiger charge is 2.37. The van der Waals surface area contributed by atoms with E-state index in [9.17, 15) is 18.8 Å². The van der Waals surface area contributed by atoms with Crippen molar-refractivity contribution in [2.24, 2.45) is 0 Å². The Bertz CT molecular complexity index is 1140. The number of nitrogens with zero attached hydrogens (tertiary/aromatic N) is 2. The van der Waals surface area contributed by atoms with E-state index in [0.717, 1.165) is 28.3 Å². The molecule has 0 radical (unpaired) electrons. The van der Waals surface area contributed by atoms with Crippen LogP contribution in [0.15, 0.2) is 72.4 Å². The molecular formula is C22H16FN3O3. The molecule has 1 N–H and O–H groups in total. The number of anilines is 1. The van der Waals surface area contributed by atoms with Crippen molar-refractivity contribution in [2.45, 2.75) is 6.92 Å². The summed E-state index contributed by atoms with van der Waals surface area (Å²) < 4.78 is 15.0. The molecule has 6 nitrogen and oxygen atoms in total. The van der Waals surface area contributed by atoms with Crippen LogP contribution in [0.4, 0.5) is 14.9 Å². The first kappa shape index (κ1) is 18.4. The number of benzene rings is 2. The summed E-state index contributed by atoms with van der Waals surface area (Å²) in [4.78, 5) is 38.3. The number of aromatic nitrogens is 1. The largest absolute Gasteiger partial charge is 0.335 e. The van der Waals surface area contributed by atoms with Gasteiger partial charge in [-0.05, 0) is 61.5 Å². The predicted molar refractivity (Wildman–Crippen MR) is 106 cm³/mol. The molecule has 0 spiro atoms. The highest BCUT2D eigenvalue weighted by Crippen LogP contribution is 2.23. The van der Waals surface area contributed by atoms with Crippen molar-refractivity contribution in [3.8, 4) is 5.69 Å². The molecule has 2 aromatic carbocycles. The lowest BCUT2D eigenvalue weighted by Gasteiger charge is -2.26. The van der Waals surface area contributed by atoms with Gasteiger partial charge in [-0.1, -0.05) is 17.7 Å². The number of halogens is 1. The van der Waals surface area contributed by atoms with Crippen LogP contribution in [0, 0.1) is 12.7 Å². The van der Waals surface area contributed by atoms with Crippen LogP contribution < -0.4 is 10.2 Å². The van der Waals surface area contributed by atoms with Gasteiger partial charge in [-0.15, -0.1) is 0 Å². The zero-order valence-corrected chi connectivity index (χ0v) is 15.4. The van der Waals surface area contributed by atoms with E-state index in [-0.39, 0.29) is 11.3 Å². The minimum atomic E-state index is -0.877. The molecule has 144 valence electrons. The number of rotatable bonds is 3. The van der Waals surface area contributed by atoms with Crippen LogP contribution in [0.3, 0.4) is 0 Å². The normalized spacial score (nSPS) is 15.7. The van der Waals surface area contributed by atoms with E-state index in [1.807, 2.05) is 42.0 Å². The van der Waals surface area contributed by atoms with Crippen LogP contribution in [-0.4, -0.2) is 22.4 Å². The lowest BCUT2D eigenvalue weighted by Crippen LogP contribution is -2.54. The topological polar surface area (TPSA) is 71.4 Å². The highest BCUT2D eigenvalue weighted by molar-refractivity contribution is 6.39. The number of carbonyl (C=O) groups is 3. The van der Waals surface area contributed by atoms with Gasteiger partial charge in [0.05, 0.1) is 5.69 Å². The van der Waals surface area contributed by atoms with Gasteiger partial charge < -0.3 is 4.57 Å². The summed E-state index contributed by atoms with van der Waals surface area (Å²) in [6.45, 7) is 1.98. The summed E-state index contributed by atoms with van der Waals surface area (Å²) in [5.74, 6) is -2.06. The molecule has 0 saturated carbocycles. The second-order valence-corrected chi connectivity index (χ2v) is 6.57. The first-order valence-corrected chi connectivity index (χ1v) is 8.85. The third kappa shape index (κ3) is 3.45. The van der Waals surface area contributed by atoms with Crippen molar-refractivity contribution >= 4 is 29.6 Å². The van der Waals surface area contributed by atoms with Gasteiger partial charge in [-0.25, -0.2) is 14.1 Å². The highest BCUT2D eigenvalue weighted by atomic mass is 19.1. The van der Waals surface area contributed by atoms with Crippen molar-refractivity contribution < 1.29 is 18.8 Å². The van der Waals surface area contributed by atoms with Gasteiger partial charge in [-0.2, -0.15) is 0 Å². The molecule has 3 aromatic rings. The van der Waals surface area contributed by atoms with Crippen molar-refractivity contribution in [3.05, 3.63) is 89.5 Å². The molecule has 0 atom stereocenters. The average Bonchev–Trinajstić information content (AvgIpc) is 3.15. The van der Waals surface area contributed by atoms with E-state index < -0.39 is 23.7 Å². The minimum Gasteiger partial charge on any atom is -0.317 e. The maximum absolute atomic E-state index is 13.2. The quantitative estimate of drug-likeness (QED) is 0.550. The molecule has 0 aliphatic carbocycles. The number of hydrogen-bond acceptors (Lipinski definition) is 3. The molecule has 0 bridgehead atoms. The maximum atomic E-state index is 13.2. The van der Waals surface area contributed by atoms with Crippen LogP contribution in [0.25, 0.3) is 11.8 Å². The van der Waals surface area contributed by atoms with Crippen molar-refractivity contribution in [1.29, 1.82) is 0 Å². The summed E-state index contributed by atoms with van der Waals surface area (Å²) in [6.07, 6.45) is 3.24. The van der Waals surface area contributed by atoms with Crippen LogP contribution in [-0.2, 0) is 9.59 Å². The van der Waals surface area contributed by atoms with Gasteiger partial charge in [0.15, 0.2) is 0 Å². The van der Waals surface area contributed by atoms with Crippen molar-refractivity contribution in [2.75, 3.05) is 4.90 Å². The predicted octanol–water partition coefficient (Wildman–Crippen LogP) is 3.59. The summed E-state index contributed by atoms with van der Waals surface area (Å²) in [5.41, 5.74) is 2.54. The Morgan fingerprint density at radius 1 is 0.897 bits per heavy atom. The van der Waals surface area contributed by atoms with Gasteiger partial charge in [0.2, 0.25) is 0 Å². The number of barbiturate groups is 1. The maximum Gasteiger partial charge on any atom is 0.335 e. The minimum absolute atomic E-state index is 0.168. The standard InChI is InChI=1S/C22H16FN3O3/c1-14-4-8-16(9-5-14)25-12-2-3-18(25)13-19-20(27)24-22(29)26(21(19)28)17-10-6-15(23)7-11-17/h2-13H,1H3,(H,24,27,29)/b19-13+. The molecule has 1 aliphatic heterocycles. The number of amides is 4. The third-order valence-electron chi connectivity index (χ3n) is 4.57. The van der Waals surface area contributed by atoms with Gasteiger partial charge in [-0.3, -0.25) is 14.9 Å². The fourth-order valence-corrected chi connectivity index (χ4v) is 3.08. The first-order valence-electron chi connectivity index (χ1n) is 8.85. The summed E-state index contributed by atoms with van der Waals surface area (Å²) in [5, 5.41) is 2.16. The van der Waals surface area contributed by atoms with Gasteiger partial charge >= 0.3 is 6.03 Å². The van der Waals surface area contributed by atoms with E-state index in [2.05, 4.69) is 5.32 Å². The lowest BCUT2D eigenvalue weighted by atomic mass is 10.1. The van der Waals surface area contributed by atoms with Crippen LogP contribution in [0.2, 0.25) is 0 Å². The molecule has 1 aliphatic rings. The van der Waals surface area contributed by atoms with E-state index in [0.29, 0.717) is 5.69 Å². The smallest absolute Gasteiger partial charge is 0.317 e.